The molecule has 1 heterocycles. The fourth-order valence-corrected chi connectivity index (χ4v) is 4.15. The number of thiophene rings is 1. The first-order valence-corrected chi connectivity index (χ1v) is 7.09. The second-order valence-electron chi connectivity index (χ2n) is 4.13. The molecule has 0 fully saturated rings. The van der Waals surface area contributed by atoms with Gasteiger partial charge in [-0.05, 0) is 26.0 Å². The molecule has 0 bridgehead atoms. The van der Waals surface area contributed by atoms with Gasteiger partial charge in [0.2, 0.25) is 0 Å². The van der Waals surface area contributed by atoms with E-state index in [0.717, 1.165) is 12.0 Å². The van der Waals surface area contributed by atoms with Gasteiger partial charge in [0, 0.05) is 15.2 Å². The number of nitrogen functional groups attached to an aromatic ring is 1. The summed E-state index contributed by atoms with van der Waals surface area (Å²) in [5, 5.41) is 9.58. The first-order valence-electron chi connectivity index (χ1n) is 5.05. The monoisotopic (exact) mass is 256 g/mol. The molecule has 5 heteroatoms. The number of nitrogens with two attached hydrogens (primary N) is 1. The number of rotatable bonds is 1. The number of thioether (sulfide) groups is 1. The van der Waals surface area contributed by atoms with E-state index in [2.05, 4.69) is 13.0 Å². The van der Waals surface area contributed by atoms with Crippen LogP contribution in [0.4, 0.5) is 9.39 Å². The van der Waals surface area contributed by atoms with Crippen LogP contribution < -0.4 is 5.73 Å². The zero-order valence-electron chi connectivity index (χ0n) is 9.21. The van der Waals surface area contributed by atoms with Crippen molar-refractivity contribution in [1.29, 1.82) is 5.26 Å². The fourth-order valence-electron chi connectivity index (χ4n) is 2.19. The van der Waals surface area contributed by atoms with Crippen molar-refractivity contribution in [1.82, 2.24) is 0 Å². The van der Waals surface area contributed by atoms with Crippen LogP contribution in [0, 0.1) is 11.3 Å². The van der Waals surface area contributed by atoms with Crippen LogP contribution in [0.25, 0.3) is 0 Å². The molecule has 0 amide bonds. The van der Waals surface area contributed by atoms with E-state index in [9.17, 15) is 4.39 Å². The maximum absolute atomic E-state index is 13.8. The van der Waals surface area contributed by atoms with Gasteiger partial charge in [0.05, 0.1) is 5.56 Å². The Hall–Kier alpha value is -0.730. The lowest BCUT2D eigenvalue weighted by Gasteiger charge is -2.34. The molecule has 2 rings (SSSR count). The van der Waals surface area contributed by atoms with Crippen molar-refractivity contribution >= 4 is 28.1 Å². The summed E-state index contributed by atoms with van der Waals surface area (Å²) < 4.78 is 13.7. The molecule has 2 unspecified atom stereocenters. The van der Waals surface area contributed by atoms with Gasteiger partial charge >= 0.3 is 0 Å². The summed E-state index contributed by atoms with van der Waals surface area (Å²) in [6.45, 7) is 2.06. The Kier molecular flexibility index (Phi) is 2.89. The molecule has 0 saturated heterocycles. The van der Waals surface area contributed by atoms with E-state index in [1.807, 2.05) is 6.26 Å². The zero-order chi connectivity index (χ0) is 11.9. The van der Waals surface area contributed by atoms with Crippen LogP contribution in [0.5, 0.6) is 0 Å². The van der Waals surface area contributed by atoms with Crippen LogP contribution in [-0.4, -0.2) is 6.26 Å². The number of nitriles is 1. The molecule has 0 saturated carbocycles. The van der Waals surface area contributed by atoms with Crippen LogP contribution in [-0.2, 0) is 4.75 Å². The summed E-state index contributed by atoms with van der Waals surface area (Å²) in [7, 11) is 0. The molecule has 1 aliphatic rings. The molecule has 16 heavy (non-hydrogen) atoms. The highest BCUT2D eigenvalue weighted by Crippen LogP contribution is 2.54. The minimum absolute atomic E-state index is 0.170. The van der Waals surface area contributed by atoms with Crippen molar-refractivity contribution in [3.63, 3.8) is 0 Å². The lowest BCUT2D eigenvalue weighted by Crippen LogP contribution is -2.24. The second kappa shape index (κ2) is 3.94. The summed E-state index contributed by atoms with van der Waals surface area (Å²) in [6, 6.07) is 2.12. The fraction of sp³-hybridized carbons (Fsp3) is 0.545. The minimum Gasteiger partial charge on any atom is -0.389 e. The topological polar surface area (TPSA) is 49.8 Å². The van der Waals surface area contributed by atoms with Gasteiger partial charge in [-0.25, -0.2) is 4.39 Å². The number of anilines is 1. The van der Waals surface area contributed by atoms with E-state index in [4.69, 9.17) is 11.0 Å². The van der Waals surface area contributed by atoms with Crippen LogP contribution in [0.1, 0.15) is 41.9 Å². The normalized spacial score (nSPS) is 28.5. The molecular formula is C11H13FN2S2. The summed E-state index contributed by atoms with van der Waals surface area (Å²) in [4.78, 5) is 0.664. The number of hydrogen-bond acceptors (Lipinski definition) is 4. The van der Waals surface area contributed by atoms with Gasteiger partial charge in [0.1, 0.15) is 17.2 Å². The molecule has 2 N–H and O–H groups in total. The molecule has 0 spiro atoms. The maximum Gasteiger partial charge on any atom is 0.135 e. The summed E-state index contributed by atoms with van der Waals surface area (Å²) in [5.74, 6) is 0. The Morgan fingerprint density at radius 1 is 1.69 bits per heavy atom. The van der Waals surface area contributed by atoms with Crippen LogP contribution in [0.2, 0.25) is 0 Å². The smallest absolute Gasteiger partial charge is 0.135 e. The van der Waals surface area contributed by atoms with E-state index >= 15 is 0 Å². The Balaban J connectivity index is 2.69. The first kappa shape index (κ1) is 11.7. The highest BCUT2D eigenvalue weighted by molar-refractivity contribution is 7.99. The van der Waals surface area contributed by atoms with Gasteiger partial charge in [-0.1, -0.05) is 0 Å². The van der Waals surface area contributed by atoms with Crippen molar-refractivity contribution in [2.75, 3.05) is 12.0 Å². The highest BCUT2D eigenvalue weighted by atomic mass is 32.2. The number of hydrogen-bond donors (Lipinski definition) is 1. The Morgan fingerprint density at radius 2 is 2.38 bits per heavy atom. The van der Waals surface area contributed by atoms with Gasteiger partial charge in [-0.3, -0.25) is 0 Å². The molecule has 86 valence electrons. The van der Waals surface area contributed by atoms with Crippen molar-refractivity contribution < 1.29 is 4.39 Å². The first-order chi connectivity index (χ1) is 7.53. The lowest BCUT2D eigenvalue weighted by atomic mass is 9.85. The van der Waals surface area contributed by atoms with Gasteiger partial charge in [0.25, 0.3) is 0 Å². The van der Waals surface area contributed by atoms with Crippen LogP contribution in [0.15, 0.2) is 0 Å². The molecule has 0 aliphatic heterocycles. The van der Waals surface area contributed by atoms with Gasteiger partial charge in [0.15, 0.2) is 0 Å². The van der Waals surface area contributed by atoms with Gasteiger partial charge in [-0.15, -0.1) is 11.3 Å². The molecule has 2 atom stereocenters. The third-order valence-electron chi connectivity index (χ3n) is 3.21. The third-order valence-corrected chi connectivity index (χ3v) is 5.63. The average Bonchev–Trinajstić information content (AvgIpc) is 2.62. The molecule has 1 aromatic heterocycles. The van der Waals surface area contributed by atoms with E-state index in [1.165, 1.54) is 11.3 Å². The zero-order valence-corrected chi connectivity index (χ0v) is 10.8. The number of alkyl halides is 1. The average molecular weight is 256 g/mol. The minimum atomic E-state index is -0.954. The number of fused-ring (bicyclic) bond motifs is 1. The van der Waals surface area contributed by atoms with E-state index in [-0.39, 0.29) is 4.75 Å². The molecule has 0 aromatic carbocycles. The third kappa shape index (κ3) is 1.52. The highest BCUT2D eigenvalue weighted by Gasteiger charge is 2.40. The SMILES string of the molecule is CSC1(C)CCC(F)c2sc(N)c(C#N)c21. The Labute approximate surface area is 103 Å². The molecule has 1 aromatic rings. The van der Waals surface area contributed by atoms with Crippen molar-refractivity contribution in [3.05, 3.63) is 16.0 Å². The van der Waals surface area contributed by atoms with E-state index in [1.54, 1.807) is 11.8 Å². The lowest BCUT2D eigenvalue weighted by molar-refractivity contribution is 0.289. The predicted octanol–water partition coefficient (Wildman–Crippen LogP) is 3.58. The summed E-state index contributed by atoms with van der Waals surface area (Å²) in [6.07, 6.45) is 2.32. The number of nitrogens with zero attached hydrogens (tertiary/aromatic N) is 1. The quantitative estimate of drug-likeness (QED) is 0.835. The number of halogens is 1. The molecule has 0 radical (unpaired) electrons. The maximum atomic E-state index is 13.8. The molecule has 2 nitrogen and oxygen atoms in total. The van der Waals surface area contributed by atoms with Crippen LogP contribution in [0.3, 0.4) is 0 Å². The van der Waals surface area contributed by atoms with Crippen molar-refractivity contribution in [3.8, 4) is 6.07 Å². The predicted molar refractivity (Wildman–Crippen MR) is 67.4 cm³/mol. The standard InChI is InChI=1S/C11H13FN2S2/c1-11(15-2)4-3-7(12)9-8(11)6(5-13)10(14)16-9/h7H,3-4,14H2,1-2H3. The Bertz CT molecular complexity index is 463. The van der Waals surface area contributed by atoms with Crippen LogP contribution >= 0.6 is 23.1 Å². The van der Waals surface area contributed by atoms with Gasteiger partial charge in [-0.2, -0.15) is 17.0 Å². The van der Waals surface area contributed by atoms with E-state index in [0.29, 0.717) is 21.9 Å². The Morgan fingerprint density at radius 3 is 2.94 bits per heavy atom. The summed E-state index contributed by atoms with van der Waals surface area (Å²) in [5.41, 5.74) is 7.11. The van der Waals surface area contributed by atoms with Crippen molar-refractivity contribution in [2.45, 2.75) is 30.7 Å². The molecular weight excluding hydrogens is 243 g/mol. The second-order valence-corrected chi connectivity index (χ2v) is 6.53. The van der Waals surface area contributed by atoms with E-state index < -0.39 is 6.17 Å². The van der Waals surface area contributed by atoms with Crippen molar-refractivity contribution in [2.24, 2.45) is 0 Å². The van der Waals surface area contributed by atoms with Gasteiger partial charge < -0.3 is 5.73 Å². The molecule has 1 aliphatic carbocycles. The largest absolute Gasteiger partial charge is 0.389 e. The summed E-state index contributed by atoms with van der Waals surface area (Å²) >= 11 is 2.90.